The van der Waals surface area contributed by atoms with Gasteiger partial charge >= 0.3 is 6.18 Å². The molecule has 2 N–H and O–H groups in total. The van der Waals surface area contributed by atoms with Crippen LogP contribution >= 0.6 is 0 Å². The van der Waals surface area contributed by atoms with Crippen LogP contribution in [-0.4, -0.2) is 42.5 Å². The molecule has 0 aromatic heterocycles. The zero-order valence-electron chi connectivity index (χ0n) is 22.0. The topological polar surface area (TPSA) is 87.7 Å². The van der Waals surface area contributed by atoms with Gasteiger partial charge in [0.25, 0.3) is 11.8 Å². The SMILES string of the molecule is CC(C)N1C(=O)C(NC(=O)[C@@H](Cc2ccccc2F)NC(=O)c2ccccc2C(F)(F)F)COc2cc(F)ccc21. The van der Waals surface area contributed by atoms with Crippen molar-refractivity contribution in [3.05, 3.63) is 95.1 Å². The standard InChI is InChI=1S/C29H26F5N3O4/c1-16(2)37-24-12-11-18(30)14-25(24)41-15-23(28(37)40)36-27(39)22(13-17-7-3-6-10-21(17)31)35-26(38)19-8-4-5-9-20(19)29(32,33)34/h3-12,14,16,22-23H,13,15H2,1-2H3,(H,35,38)(H,36,39)/t22-,23?/m1/s1. The van der Waals surface area contributed by atoms with Crippen molar-refractivity contribution in [3.8, 4) is 5.75 Å². The predicted octanol–water partition coefficient (Wildman–Crippen LogP) is 4.64. The molecule has 0 aliphatic carbocycles. The molecular weight excluding hydrogens is 549 g/mol. The van der Waals surface area contributed by atoms with Gasteiger partial charge in [-0.3, -0.25) is 14.4 Å². The summed E-state index contributed by atoms with van der Waals surface area (Å²) in [4.78, 5) is 41.3. The fraction of sp³-hybridized carbons (Fsp3) is 0.276. The smallest absolute Gasteiger partial charge is 0.417 e. The number of nitrogens with one attached hydrogen (secondary N) is 2. The molecule has 12 heteroatoms. The molecule has 1 heterocycles. The van der Waals surface area contributed by atoms with Crippen molar-refractivity contribution in [2.45, 2.75) is 44.6 Å². The molecule has 0 fully saturated rings. The summed E-state index contributed by atoms with van der Waals surface area (Å²) < 4.78 is 74.6. The third kappa shape index (κ3) is 6.64. The van der Waals surface area contributed by atoms with E-state index in [0.29, 0.717) is 0 Å². The molecule has 3 amide bonds. The van der Waals surface area contributed by atoms with Crippen LogP contribution in [0.5, 0.6) is 5.75 Å². The van der Waals surface area contributed by atoms with Gasteiger partial charge in [-0.05, 0) is 49.7 Å². The summed E-state index contributed by atoms with van der Waals surface area (Å²) in [6.45, 7) is 3.00. The maximum absolute atomic E-state index is 14.5. The highest BCUT2D eigenvalue weighted by molar-refractivity contribution is 6.03. The van der Waals surface area contributed by atoms with Crippen molar-refractivity contribution >= 4 is 23.4 Å². The molecular formula is C29H26F5N3O4. The van der Waals surface area contributed by atoms with E-state index in [2.05, 4.69) is 10.6 Å². The summed E-state index contributed by atoms with van der Waals surface area (Å²) in [5, 5.41) is 4.74. The predicted molar refractivity (Wildman–Crippen MR) is 139 cm³/mol. The first-order valence-corrected chi connectivity index (χ1v) is 12.6. The van der Waals surface area contributed by atoms with E-state index in [1.54, 1.807) is 13.8 Å². The van der Waals surface area contributed by atoms with E-state index in [4.69, 9.17) is 4.74 Å². The summed E-state index contributed by atoms with van der Waals surface area (Å²) in [7, 11) is 0. The average Bonchev–Trinajstić information content (AvgIpc) is 3.04. The third-order valence-corrected chi connectivity index (χ3v) is 6.44. The number of amides is 3. The lowest BCUT2D eigenvalue weighted by Gasteiger charge is -2.29. The van der Waals surface area contributed by atoms with Gasteiger partial charge in [0.15, 0.2) is 0 Å². The van der Waals surface area contributed by atoms with E-state index in [-0.39, 0.29) is 17.0 Å². The highest BCUT2D eigenvalue weighted by atomic mass is 19.4. The maximum Gasteiger partial charge on any atom is 0.417 e. The first-order valence-electron chi connectivity index (χ1n) is 12.6. The van der Waals surface area contributed by atoms with Crippen molar-refractivity contribution in [3.63, 3.8) is 0 Å². The van der Waals surface area contributed by atoms with Gasteiger partial charge in [-0.15, -0.1) is 0 Å². The second-order valence-electron chi connectivity index (χ2n) is 9.65. The van der Waals surface area contributed by atoms with E-state index in [9.17, 15) is 36.3 Å². The second kappa shape index (κ2) is 11.9. The molecule has 2 atom stereocenters. The number of hydrogen-bond acceptors (Lipinski definition) is 4. The van der Waals surface area contributed by atoms with E-state index in [1.165, 1.54) is 35.2 Å². The second-order valence-corrected chi connectivity index (χ2v) is 9.65. The zero-order chi connectivity index (χ0) is 29.9. The Labute approximate surface area is 232 Å². The van der Waals surface area contributed by atoms with Crippen molar-refractivity contribution < 1.29 is 41.1 Å². The minimum absolute atomic E-state index is 0.00665. The Kier molecular flexibility index (Phi) is 8.60. The molecule has 3 aromatic rings. The van der Waals surface area contributed by atoms with Gasteiger partial charge in [0, 0.05) is 18.5 Å². The Bertz CT molecular complexity index is 1460. The largest absolute Gasteiger partial charge is 0.489 e. The van der Waals surface area contributed by atoms with Crippen LogP contribution in [0.15, 0.2) is 66.7 Å². The lowest BCUT2D eigenvalue weighted by molar-refractivity contribution is -0.138. The molecule has 216 valence electrons. The Morgan fingerprint density at radius 1 is 1.02 bits per heavy atom. The van der Waals surface area contributed by atoms with Crippen molar-refractivity contribution in [1.82, 2.24) is 10.6 Å². The van der Waals surface area contributed by atoms with Gasteiger partial charge in [-0.1, -0.05) is 30.3 Å². The molecule has 4 rings (SSSR count). The third-order valence-electron chi connectivity index (χ3n) is 6.44. The Morgan fingerprint density at radius 2 is 1.71 bits per heavy atom. The lowest BCUT2D eigenvalue weighted by Crippen LogP contribution is -2.57. The van der Waals surface area contributed by atoms with Gasteiger partial charge in [0.05, 0.1) is 16.8 Å². The number of halogens is 5. The van der Waals surface area contributed by atoms with Crippen LogP contribution in [-0.2, 0) is 22.2 Å². The van der Waals surface area contributed by atoms with E-state index < -0.39 is 77.8 Å². The quantitative estimate of drug-likeness (QED) is 0.402. The molecule has 3 aromatic carbocycles. The minimum atomic E-state index is -4.85. The molecule has 1 unspecified atom stereocenters. The number of rotatable bonds is 7. The van der Waals surface area contributed by atoms with Gasteiger partial charge < -0.3 is 20.3 Å². The number of benzene rings is 3. The molecule has 1 aliphatic rings. The van der Waals surface area contributed by atoms with Crippen LogP contribution in [0.4, 0.5) is 27.6 Å². The van der Waals surface area contributed by atoms with E-state index in [1.807, 2.05) is 0 Å². The fourth-order valence-electron chi connectivity index (χ4n) is 4.50. The van der Waals surface area contributed by atoms with E-state index in [0.717, 1.165) is 36.4 Å². The van der Waals surface area contributed by atoms with Crippen LogP contribution in [0.2, 0.25) is 0 Å². The van der Waals surface area contributed by atoms with Gasteiger partial charge in [0.1, 0.15) is 36.1 Å². The number of nitrogens with zero attached hydrogens (tertiary/aromatic N) is 1. The van der Waals surface area contributed by atoms with Gasteiger partial charge in [0.2, 0.25) is 5.91 Å². The number of fused-ring (bicyclic) bond motifs is 1. The summed E-state index contributed by atoms with van der Waals surface area (Å²) in [6, 6.07) is 9.72. The lowest BCUT2D eigenvalue weighted by atomic mass is 10.0. The number of ether oxygens (including phenoxy) is 1. The first-order chi connectivity index (χ1) is 19.4. The Morgan fingerprint density at radius 3 is 2.39 bits per heavy atom. The monoisotopic (exact) mass is 575 g/mol. The number of hydrogen-bond donors (Lipinski definition) is 2. The zero-order valence-corrected chi connectivity index (χ0v) is 22.0. The summed E-state index contributed by atoms with van der Waals surface area (Å²) >= 11 is 0. The van der Waals surface area contributed by atoms with Gasteiger partial charge in [-0.2, -0.15) is 13.2 Å². The molecule has 0 saturated heterocycles. The summed E-state index contributed by atoms with van der Waals surface area (Å²) in [6.07, 6.45) is -5.28. The highest BCUT2D eigenvalue weighted by Gasteiger charge is 2.38. The normalized spacial score (nSPS) is 16.0. The van der Waals surface area contributed by atoms with Crippen molar-refractivity contribution in [2.75, 3.05) is 11.5 Å². The first kappa shape index (κ1) is 29.5. The van der Waals surface area contributed by atoms with Crippen molar-refractivity contribution in [1.29, 1.82) is 0 Å². The minimum Gasteiger partial charge on any atom is -0.489 e. The van der Waals surface area contributed by atoms with Crippen LogP contribution < -0.4 is 20.3 Å². The summed E-state index contributed by atoms with van der Waals surface area (Å²) in [5.41, 5.74) is -1.66. The molecule has 7 nitrogen and oxygen atoms in total. The van der Waals surface area contributed by atoms with Crippen LogP contribution in [0.3, 0.4) is 0 Å². The number of anilines is 1. The Hall–Kier alpha value is -4.48. The van der Waals surface area contributed by atoms with Gasteiger partial charge in [-0.25, -0.2) is 8.78 Å². The average molecular weight is 576 g/mol. The molecule has 0 spiro atoms. The molecule has 41 heavy (non-hydrogen) atoms. The number of carbonyl (C=O) groups is 3. The van der Waals surface area contributed by atoms with Crippen LogP contribution in [0.1, 0.15) is 35.3 Å². The van der Waals surface area contributed by atoms with E-state index >= 15 is 0 Å². The maximum atomic E-state index is 14.5. The Balaban J connectivity index is 1.63. The molecule has 0 radical (unpaired) electrons. The molecule has 0 saturated carbocycles. The number of carbonyl (C=O) groups excluding carboxylic acids is 3. The van der Waals surface area contributed by atoms with Crippen molar-refractivity contribution in [2.24, 2.45) is 0 Å². The fourth-order valence-corrected chi connectivity index (χ4v) is 4.50. The number of alkyl halides is 3. The molecule has 0 bridgehead atoms. The highest BCUT2D eigenvalue weighted by Crippen LogP contribution is 2.34. The molecule has 1 aliphatic heterocycles. The van der Waals surface area contributed by atoms with Crippen LogP contribution in [0, 0.1) is 11.6 Å². The summed E-state index contributed by atoms with van der Waals surface area (Å²) in [5.74, 6) is -4.01. The van der Waals surface area contributed by atoms with Crippen LogP contribution in [0.25, 0.3) is 0 Å².